The molecule has 1 aliphatic heterocycles. The summed E-state index contributed by atoms with van der Waals surface area (Å²) in [4.78, 5) is 8.99. The van der Waals surface area contributed by atoms with Crippen molar-refractivity contribution in [3.8, 4) is 11.5 Å². The third-order valence-corrected chi connectivity index (χ3v) is 6.51. The maximum atomic E-state index is 14.6. The van der Waals surface area contributed by atoms with Crippen molar-refractivity contribution in [1.29, 1.82) is 0 Å². The number of epoxide rings is 1. The maximum absolute atomic E-state index is 14.6. The number of hydrogen-bond donors (Lipinski definition) is 0. The van der Waals surface area contributed by atoms with Gasteiger partial charge in [0.05, 0.1) is 25.1 Å². The monoisotopic (exact) mass is 460 g/mol. The molecule has 1 aromatic carbocycles. The first kappa shape index (κ1) is 23.9. The van der Waals surface area contributed by atoms with Gasteiger partial charge in [-0.3, -0.25) is 0 Å². The molecule has 1 saturated heterocycles. The van der Waals surface area contributed by atoms with Gasteiger partial charge < -0.3 is 14.2 Å². The van der Waals surface area contributed by atoms with E-state index in [9.17, 15) is 8.78 Å². The Bertz CT molecular complexity index is 923. The van der Waals surface area contributed by atoms with Gasteiger partial charge in [0, 0.05) is 11.5 Å². The fraction of sp³-hybridized carbons (Fsp3) is 0.615. The molecule has 0 saturated carbocycles. The van der Waals surface area contributed by atoms with Crippen molar-refractivity contribution in [2.45, 2.75) is 89.8 Å². The minimum Gasteiger partial charge on any atom is -0.490 e. The maximum Gasteiger partial charge on any atom is 0.200 e. The van der Waals surface area contributed by atoms with Gasteiger partial charge in [-0.15, -0.1) is 0 Å². The molecule has 2 aliphatic rings. The quantitative estimate of drug-likeness (QED) is 0.290. The van der Waals surface area contributed by atoms with Crippen molar-refractivity contribution < 1.29 is 23.0 Å². The van der Waals surface area contributed by atoms with Gasteiger partial charge in [-0.2, -0.15) is 4.39 Å². The topological polar surface area (TPSA) is 56.8 Å². The van der Waals surface area contributed by atoms with E-state index in [4.69, 9.17) is 14.2 Å². The van der Waals surface area contributed by atoms with Gasteiger partial charge >= 0.3 is 0 Å². The Kier molecular flexibility index (Phi) is 8.12. The van der Waals surface area contributed by atoms with Crippen molar-refractivity contribution in [1.82, 2.24) is 9.97 Å². The summed E-state index contributed by atoms with van der Waals surface area (Å²) in [5.41, 5.74) is 1.52. The summed E-state index contributed by atoms with van der Waals surface area (Å²) in [6.45, 7) is 5.20. The van der Waals surface area contributed by atoms with Gasteiger partial charge in [0.15, 0.2) is 17.3 Å². The zero-order chi connectivity index (χ0) is 23.2. The molecule has 1 aromatic heterocycles. The van der Waals surface area contributed by atoms with E-state index in [1.165, 1.54) is 18.9 Å². The highest BCUT2D eigenvalue weighted by Gasteiger charge is 2.39. The molecule has 4 rings (SSSR count). The molecule has 180 valence electrons. The standard InChI is InChI=1S/C26H34F2N2O3/c1-3-5-6-7-11-31-19-14-29-26(30-15-19)17-9-10-20-18(12-17)13-21(27)24(28)25(20)32-16-23-22(33-23)8-4-2/h13-15,17,22-23H,3-12,16H2,1-2H3. The molecular formula is C26H34F2N2O3. The van der Waals surface area contributed by atoms with Crippen LogP contribution in [0.5, 0.6) is 11.5 Å². The number of aromatic nitrogens is 2. The number of nitrogens with zero attached hydrogens (tertiary/aromatic N) is 2. The lowest BCUT2D eigenvalue weighted by molar-refractivity contribution is 0.244. The summed E-state index contributed by atoms with van der Waals surface area (Å²) in [5, 5.41) is 0. The van der Waals surface area contributed by atoms with Crippen LogP contribution in [0.4, 0.5) is 8.78 Å². The zero-order valence-corrected chi connectivity index (χ0v) is 19.6. The lowest BCUT2D eigenvalue weighted by atomic mass is 9.82. The molecule has 0 bridgehead atoms. The summed E-state index contributed by atoms with van der Waals surface area (Å²) >= 11 is 0. The first-order valence-electron chi connectivity index (χ1n) is 12.3. The third-order valence-electron chi connectivity index (χ3n) is 6.51. The number of fused-ring (bicyclic) bond motifs is 1. The summed E-state index contributed by atoms with van der Waals surface area (Å²) in [5.74, 6) is -0.314. The van der Waals surface area contributed by atoms with Crippen molar-refractivity contribution in [2.24, 2.45) is 0 Å². The fourth-order valence-electron chi connectivity index (χ4n) is 4.56. The highest BCUT2D eigenvalue weighted by Crippen LogP contribution is 2.39. The van der Waals surface area contributed by atoms with Crippen molar-refractivity contribution in [3.63, 3.8) is 0 Å². The summed E-state index contributed by atoms with van der Waals surface area (Å²) in [7, 11) is 0. The summed E-state index contributed by atoms with van der Waals surface area (Å²) < 4.78 is 45.9. The predicted molar refractivity (Wildman–Crippen MR) is 122 cm³/mol. The van der Waals surface area contributed by atoms with Gasteiger partial charge in [-0.25, -0.2) is 14.4 Å². The predicted octanol–water partition coefficient (Wildman–Crippen LogP) is 5.93. The second-order valence-electron chi connectivity index (χ2n) is 9.08. The summed E-state index contributed by atoms with van der Waals surface area (Å²) in [6.07, 6.45) is 12.0. The second-order valence-corrected chi connectivity index (χ2v) is 9.08. The Morgan fingerprint density at radius 1 is 1.03 bits per heavy atom. The van der Waals surface area contributed by atoms with E-state index in [2.05, 4.69) is 23.8 Å². The molecule has 0 amide bonds. The highest BCUT2D eigenvalue weighted by molar-refractivity contribution is 5.45. The minimum atomic E-state index is -0.906. The van der Waals surface area contributed by atoms with Crippen molar-refractivity contribution >= 4 is 0 Å². The number of ether oxygens (including phenoxy) is 3. The Morgan fingerprint density at radius 3 is 2.61 bits per heavy atom. The summed E-state index contributed by atoms with van der Waals surface area (Å²) in [6, 6.07) is 1.30. The molecule has 0 spiro atoms. The molecule has 0 radical (unpaired) electrons. The molecular weight excluding hydrogens is 426 g/mol. The fourth-order valence-corrected chi connectivity index (χ4v) is 4.56. The Morgan fingerprint density at radius 2 is 1.85 bits per heavy atom. The Labute approximate surface area is 194 Å². The van der Waals surface area contributed by atoms with Gasteiger partial charge in [0.1, 0.15) is 18.5 Å². The Balaban J connectivity index is 1.37. The van der Waals surface area contributed by atoms with Gasteiger partial charge in [-0.1, -0.05) is 39.5 Å². The van der Waals surface area contributed by atoms with Gasteiger partial charge in [0.2, 0.25) is 5.82 Å². The normalized spacial score (nSPS) is 21.5. The van der Waals surface area contributed by atoms with Gasteiger partial charge in [-0.05, 0) is 43.7 Å². The van der Waals surface area contributed by atoms with Crippen LogP contribution in [0.15, 0.2) is 18.5 Å². The molecule has 3 unspecified atom stereocenters. The van der Waals surface area contributed by atoms with E-state index in [1.807, 2.05) is 0 Å². The van der Waals surface area contributed by atoms with E-state index in [1.54, 1.807) is 12.4 Å². The molecule has 5 nitrogen and oxygen atoms in total. The number of hydrogen-bond acceptors (Lipinski definition) is 5. The average Bonchev–Trinajstić information content (AvgIpc) is 3.57. The molecule has 3 atom stereocenters. The largest absolute Gasteiger partial charge is 0.490 e. The van der Waals surface area contributed by atoms with Crippen LogP contribution >= 0.6 is 0 Å². The first-order valence-corrected chi connectivity index (χ1v) is 12.3. The SMILES string of the molecule is CCCCCCOc1cnc(C2CCc3c(cc(F)c(F)c3OCC3OC3CCC)C2)nc1. The van der Waals surface area contributed by atoms with Crippen LogP contribution in [0, 0.1) is 11.6 Å². The molecule has 1 fully saturated rings. The van der Waals surface area contributed by atoms with Crippen LogP contribution in [0.3, 0.4) is 0 Å². The molecule has 7 heteroatoms. The van der Waals surface area contributed by atoms with Crippen LogP contribution in [0.2, 0.25) is 0 Å². The number of halogens is 2. The Hall–Kier alpha value is -2.28. The van der Waals surface area contributed by atoms with E-state index in [0.717, 1.165) is 43.2 Å². The number of rotatable bonds is 12. The van der Waals surface area contributed by atoms with E-state index in [-0.39, 0.29) is 30.5 Å². The van der Waals surface area contributed by atoms with E-state index in [0.29, 0.717) is 31.0 Å². The lowest BCUT2D eigenvalue weighted by Crippen LogP contribution is -2.19. The molecule has 2 aromatic rings. The highest BCUT2D eigenvalue weighted by atomic mass is 19.2. The molecule has 2 heterocycles. The van der Waals surface area contributed by atoms with Crippen LogP contribution in [0.25, 0.3) is 0 Å². The number of unbranched alkanes of at least 4 members (excludes halogenated alkanes) is 3. The van der Waals surface area contributed by atoms with Crippen molar-refractivity contribution in [2.75, 3.05) is 13.2 Å². The first-order chi connectivity index (χ1) is 16.1. The van der Waals surface area contributed by atoms with E-state index >= 15 is 0 Å². The van der Waals surface area contributed by atoms with Crippen LogP contribution in [-0.4, -0.2) is 35.4 Å². The van der Waals surface area contributed by atoms with Gasteiger partial charge in [0.25, 0.3) is 0 Å². The smallest absolute Gasteiger partial charge is 0.200 e. The minimum absolute atomic E-state index is 0.0274. The zero-order valence-electron chi connectivity index (χ0n) is 19.6. The van der Waals surface area contributed by atoms with Crippen LogP contribution in [0.1, 0.15) is 81.7 Å². The molecule has 0 N–H and O–H groups in total. The third kappa shape index (κ3) is 5.99. The molecule has 1 aliphatic carbocycles. The lowest BCUT2D eigenvalue weighted by Gasteiger charge is -2.26. The van der Waals surface area contributed by atoms with Crippen molar-refractivity contribution in [3.05, 3.63) is 47.0 Å². The van der Waals surface area contributed by atoms with E-state index < -0.39 is 11.6 Å². The van der Waals surface area contributed by atoms with Crippen LogP contribution in [-0.2, 0) is 17.6 Å². The molecule has 33 heavy (non-hydrogen) atoms. The van der Waals surface area contributed by atoms with Crippen LogP contribution < -0.4 is 9.47 Å². The second kappa shape index (κ2) is 11.2. The average molecular weight is 461 g/mol. The number of benzene rings is 1.